The number of thioether (sulfide) groups is 1. The van der Waals surface area contributed by atoms with Crippen LogP contribution in [0.2, 0.25) is 0 Å². The fourth-order valence-corrected chi connectivity index (χ4v) is 5.31. The minimum Gasteiger partial charge on any atom is -0.493 e. The lowest BCUT2D eigenvalue weighted by atomic mass is 10.1. The first-order chi connectivity index (χ1) is 14.5. The third-order valence-corrected chi connectivity index (χ3v) is 6.95. The van der Waals surface area contributed by atoms with E-state index in [9.17, 15) is 9.59 Å². The van der Waals surface area contributed by atoms with E-state index >= 15 is 0 Å². The van der Waals surface area contributed by atoms with Gasteiger partial charge in [-0.2, -0.15) is 0 Å². The van der Waals surface area contributed by atoms with Crippen LogP contribution in [0.4, 0.5) is 5.69 Å². The molecular formula is C23H26N2O4S. The first-order valence-electron chi connectivity index (χ1n) is 10.0. The molecule has 0 spiro atoms. The van der Waals surface area contributed by atoms with Crippen molar-refractivity contribution in [2.75, 3.05) is 38.0 Å². The quantitative estimate of drug-likeness (QED) is 0.731. The highest BCUT2D eigenvalue weighted by molar-refractivity contribution is 7.99. The van der Waals surface area contributed by atoms with Crippen molar-refractivity contribution in [1.82, 2.24) is 4.90 Å². The van der Waals surface area contributed by atoms with E-state index in [-0.39, 0.29) is 29.5 Å². The summed E-state index contributed by atoms with van der Waals surface area (Å²) in [7, 11) is 3.21. The van der Waals surface area contributed by atoms with Gasteiger partial charge < -0.3 is 19.3 Å². The van der Waals surface area contributed by atoms with Crippen LogP contribution in [0.15, 0.2) is 42.5 Å². The van der Waals surface area contributed by atoms with E-state index in [1.54, 1.807) is 30.9 Å². The zero-order valence-corrected chi connectivity index (χ0v) is 18.3. The number of carbonyl (C=O) groups is 2. The van der Waals surface area contributed by atoms with Crippen LogP contribution >= 0.6 is 11.8 Å². The van der Waals surface area contributed by atoms with Gasteiger partial charge in [-0.25, -0.2) is 0 Å². The number of aryl methyl sites for hydroxylation is 1. The normalized spacial score (nSPS) is 21.2. The first kappa shape index (κ1) is 20.6. The predicted molar refractivity (Wildman–Crippen MR) is 118 cm³/mol. The van der Waals surface area contributed by atoms with Crippen molar-refractivity contribution >= 4 is 29.3 Å². The number of hydrogen-bond acceptors (Lipinski definition) is 5. The van der Waals surface area contributed by atoms with Crippen LogP contribution in [0.25, 0.3) is 0 Å². The molecule has 2 atom stereocenters. The number of carbonyl (C=O) groups excluding carboxylic acids is 2. The van der Waals surface area contributed by atoms with Crippen molar-refractivity contribution in [2.45, 2.75) is 18.7 Å². The molecule has 2 aliphatic heterocycles. The van der Waals surface area contributed by atoms with E-state index in [0.717, 1.165) is 22.6 Å². The molecule has 30 heavy (non-hydrogen) atoms. The third-order valence-electron chi connectivity index (χ3n) is 5.69. The van der Waals surface area contributed by atoms with Crippen LogP contribution in [0.5, 0.6) is 11.5 Å². The summed E-state index contributed by atoms with van der Waals surface area (Å²) in [6.45, 7) is 3.12. The second kappa shape index (κ2) is 8.60. The molecule has 0 radical (unpaired) electrons. The van der Waals surface area contributed by atoms with Crippen molar-refractivity contribution in [1.29, 1.82) is 0 Å². The summed E-state index contributed by atoms with van der Waals surface area (Å²) in [5, 5.41) is -0.0826. The number of benzene rings is 2. The molecule has 2 aromatic carbocycles. The van der Waals surface area contributed by atoms with Crippen LogP contribution in [-0.2, 0) is 9.59 Å². The number of nitrogens with zero attached hydrogens (tertiary/aromatic N) is 2. The Bertz CT molecular complexity index is 947. The molecule has 2 amide bonds. The molecule has 4 rings (SSSR count). The van der Waals surface area contributed by atoms with Gasteiger partial charge in [-0.15, -0.1) is 11.8 Å². The number of hydrogen-bond donors (Lipinski definition) is 0. The van der Waals surface area contributed by atoms with E-state index in [1.807, 2.05) is 54.3 Å². The smallest absolute Gasteiger partial charge is 0.229 e. The summed E-state index contributed by atoms with van der Waals surface area (Å²) < 4.78 is 10.8. The summed E-state index contributed by atoms with van der Waals surface area (Å²) in [6, 6.07) is 13.6. The maximum absolute atomic E-state index is 13.4. The van der Waals surface area contributed by atoms with Crippen LogP contribution in [-0.4, -0.2) is 49.8 Å². The predicted octanol–water partition coefficient (Wildman–Crippen LogP) is 3.64. The Morgan fingerprint density at radius 1 is 1.07 bits per heavy atom. The van der Waals surface area contributed by atoms with Gasteiger partial charge in [0.25, 0.3) is 0 Å². The van der Waals surface area contributed by atoms with E-state index in [2.05, 4.69) is 0 Å². The topological polar surface area (TPSA) is 59.1 Å². The van der Waals surface area contributed by atoms with Crippen LogP contribution in [0.3, 0.4) is 0 Å². The van der Waals surface area contributed by atoms with E-state index in [1.165, 1.54) is 0 Å². The summed E-state index contributed by atoms with van der Waals surface area (Å²) in [5.74, 6) is 1.91. The Hall–Kier alpha value is -2.67. The molecule has 6 nitrogen and oxygen atoms in total. The highest BCUT2D eigenvalue weighted by atomic mass is 32.2. The van der Waals surface area contributed by atoms with Gasteiger partial charge in [0, 0.05) is 31.0 Å². The van der Waals surface area contributed by atoms with Gasteiger partial charge in [0.2, 0.25) is 11.8 Å². The molecule has 2 unspecified atom stereocenters. The highest BCUT2D eigenvalue weighted by Gasteiger charge is 2.41. The van der Waals surface area contributed by atoms with Crippen molar-refractivity contribution < 1.29 is 19.1 Å². The number of ether oxygens (including phenoxy) is 2. The van der Waals surface area contributed by atoms with Gasteiger partial charge in [0.1, 0.15) is 5.37 Å². The van der Waals surface area contributed by atoms with Gasteiger partial charge >= 0.3 is 0 Å². The lowest BCUT2D eigenvalue weighted by Crippen LogP contribution is -2.37. The van der Waals surface area contributed by atoms with Crippen LogP contribution in [0.1, 0.15) is 22.9 Å². The summed E-state index contributed by atoms with van der Waals surface area (Å²) in [5.41, 5.74) is 3.00. The Labute approximate surface area is 181 Å². The van der Waals surface area contributed by atoms with Crippen LogP contribution in [0, 0.1) is 12.8 Å². The molecule has 7 heteroatoms. The van der Waals surface area contributed by atoms with Crippen LogP contribution < -0.4 is 14.4 Å². The molecule has 0 bridgehead atoms. The van der Waals surface area contributed by atoms with Crippen molar-refractivity contribution in [3.05, 3.63) is 53.6 Å². The fourth-order valence-electron chi connectivity index (χ4n) is 4.06. The molecular weight excluding hydrogens is 400 g/mol. The summed E-state index contributed by atoms with van der Waals surface area (Å²) in [6.07, 6.45) is 0.256. The molecule has 2 heterocycles. The number of anilines is 1. The van der Waals surface area contributed by atoms with Gasteiger partial charge in [0.05, 0.1) is 20.1 Å². The van der Waals surface area contributed by atoms with Crippen molar-refractivity contribution in [3.63, 3.8) is 0 Å². The third kappa shape index (κ3) is 3.86. The van der Waals surface area contributed by atoms with Gasteiger partial charge in [-0.05, 0) is 36.8 Å². The highest BCUT2D eigenvalue weighted by Crippen LogP contribution is 2.42. The molecule has 0 saturated carbocycles. The maximum Gasteiger partial charge on any atom is 0.229 e. The van der Waals surface area contributed by atoms with E-state index in [4.69, 9.17) is 9.47 Å². The molecule has 158 valence electrons. The summed E-state index contributed by atoms with van der Waals surface area (Å²) >= 11 is 1.73. The second-order valence-corrected chi connectivity index (χ2v) is 8.80. The second-order valence-electron chi connectivity index (χ2n) is 7.61. The summed E-state index contributed by atoms with van der Waals surface area (Å²) in [4.78, 5) is 29.6. The number of amides is 2. The average molecular weight is 427 g/mol. The average Bonchev–Trinajstić information content (AvgIpc) is 3.40. The standard InChI is InChI=1S/C23H26N2O4S/c1-15-4-7-18(8-5-15)25-14-17(13-21(25)26)22(27)24-10-11-30-23(24)16-6-9-19(28-2)20(12-16)29-3/h4-9,12,17,23H,10-11,13-14H2,1-3H3. The van der Waals surface area contributed by atoms with Gasteiger partial charge in [-0.3, -0.25) is 9.59 Å². The lowest BCUT2D eigenvalue weighted by molar-refractivity contribution is -0.136. The maximum atomic E-state index is 13.4. The van der Waals surface area contributed by atoms with Crippen molar-refractivity contribution in [3.8, 4) is 11.5 Å². The fraction of sp³-hybridized carbons (Fsp3) is 0.391. The molecule has 0 aromatic heterocycles. The minimum absolute atomic E-state index is 0.00622. The molecule has 0 aliphatic carbocycles. The number of methoxy groups -OCH3 is 2. The Kier molecular flexibility index (Phi) is 5.90. The Balaban J connectivity index is 1.51. The molecule has 2 saturated heterocycles. The minimum atomic E-state index is -0.319. The monoisotopic (exact) mass is 426 g/mol. The van der Waals surface area contributed by atoms with Gasteiger partial charge in [-0.1, -0.05) is 23.8 Å². The van der Waals surface area contributed by atoms with E-state index < -0.39 is 0 Å². The zero-order valence-electron chi connectivity index (χ0n) is 17.5. The lowest BCUT2D eigenvalue weighted by Gasteiger charge is -2.27. The van der Waals surface area contributed by atoms with E-state index in [0.29, 0.717) is 24.6 Å². The molecule has 2 aliphatic rings. The number of rotatable bonds is 5. The Morgan fingerprint density at radius 2 is 1.80 bits per heavy atom. The van der Waals surface area contributed by atoms with Crippen molar-refractivity contribution in [2.24, 2.45) is 5.92 Å². The SMILES string of the molecule is COc1ccc(C2SCCN2C(=O)C2CC(=O)N(c3ccc(C)cc3)C2)cc1OC. The van der Waals surface area contributed by atoms with Gasteiger partial charge in [0.15, 0.2) is 11.5 Å². The molecule has 0 N–H and O–H groups in total. The first-order valence-corrected chi connectivity index (χ1v) is 11.1. The molecule has 2 fully saturated rings. The largest absolute Gasteiger partial charge is 0.493 e. The zero-order chi connectivity index (χ0) is 21.3. The Morgan fingerprint density at radius 3 is 2.50 bits per heavy atom. The molecule has 2 aromatic rings.